The van der Waals surface area contributed by atoms with E-state index in [1.807, 2.05) is 0 Å². The third-order valence-corrected chi connectivity index (χ3v) is 7.31. The van der Waals surface area contributed by atoms with Gasteiger partial charge in [0.15, 0.2) is 5.72 Å². The summed E-state index contributed by atoms with van der Waals surface area (Å²) in [5.74, 6) is 1.42. The van der Waals surface area contributed by atoms with Crippen molar-refractivity contribution in [3.05, 3.63) is 35.4 Å². The van der Waals surface area contributed by atoms with E-state index in [4.69, 9.17) is 4.74 Å². The molecule has 4 aliphatic rings. The maximum Gasteiger partial charge on any atom is 0.228 e. The molecule has 2 aliphatic carbocycles. The van der Waals surface area contributed by atoms with Gasteiger partial charge in [0.2, 0.25) is 5.91 Å². The Bertz CT molecular complexity index is 669. The number of fused-ring (bicyclic) bond motifs is 4. The highest BCUT2D eigenvalue weighted by Crippen LogP contribution is 2.57. The number of amides is 1. The van der Waals surface area contributed by atoms with Crippen LogP contribution in [0.25, 0.3) is 0 Å². The lowest BCUT2D eigenvalue weighted by Gasteiger charge is -2.53. The maximum atomic E-state index is 13.3. The lowest BCUT2D eigenvalue weighted by Crippen LogP contribution is -2.59. The zero-order valence-electron chi connectivity index (χ0n) is 15.2. The number of rotatable bonds is 1. The van der Waals surface area contributed by atoms with Crippen LogP contribution in [0.15, 0.2) is 24.3 Å². The summed E-state index contributed by atoms with van der Waals surface area (Å²) in [4.78, 5) is 15.5. The van der Waals surface area contributed by atoms with Gasteiger partial charge in [-0.05, 0) is 32.6 Å². The number of aryl methyl sites for hydroxylation is 1. The van der Waals surface area contributed by atoms with Crippen molar-refractivity contribution in [3.63, 3.8) is 0 Å². The van der Waals surface area contributed by atoms with Gasteiger partial charge in [0.05, 0.1) is 6.10 Å². The molecule has 0 unspecified atom stereocenters. The molecule has 2 aliphatic heterocycles. The molecule has 1 amide bonds. The van der Waals surface area contributed by atoms with Gasteiger partial charge in [0, 0.05) is 29.9 Å². The molecule has 5 rings (SSSR count). The van der Waals surface area contributed by atoms with Crippen LogP contribution in [0, 0.1) is 24.7 Å². The third kappa shape index (κ3) is 2.24. The standard InChI is InChI=1S/C22H29NO2/c1-15-10-12-17(13-11-15)22-19-8-4-3-7-18(19)21(24)23(22)14-16-6-2-5-9-20(16)25-22/h10-13,16,18-20H,2-9,14H2,1H3/t16-,18+,19-,20+,22-/m1/s1. The van der Waals surface area contributed by atoms with Gasteiger partial charge in [0.1, 0.15) is 0 Å². The fraction of sp³-hybridized carbons (Fsp3) is 0.682. The van der Waals surface area contributed by atoms with Crippen molar-refractivity contribution >= 4 is 5.91 Å². The van der Waals surface area contributed by atoms with Crippen molar-refractivity contribution in [3.8, 4) is 0 Å². The number of carbonyl (C=O) groups excluding carboxylic acids is 1. The molecule has 1 aromatic carbocycles. The van der Waals surface area contributed by atoms with Crippen LogP contribution < -0.4 is 0 Å². The van der Waals surface area contributed by atoms with Crippen molar-refractivity contribution in [2.24, 2.45) is 17.8 Å². The van der Waals surface area contributed by atoms with Crippen molar-refractivity contribution in [2.75, 3.05) is 6.54 Å². The molecule has 4 fully saturated rings. The summed E-state index contributed by atoms with van der Waals surface area (Å²) in [5.41, 5.74) is 1.99. The molecule has 1 aromatic rings. The predicted octanol–water partition coefficient (Wildman–Crippen LogP) is 4.39. The smallest absolute Gasteiger partial charge is 0.228 e. The van der Waals surface area contributed by atoms with Gasteiger partial charge in [-0.25, -0.2) is 0 Å². The molecule has 0 radical (unpaired) electrons. The van der Waals surface area contributed by atoms with Crippen LogP contribution in [0.2, 0.25) is 0 Å². The Morgan fingerprint density at radius 3 is 2.56 bits per heavy atom. The quantitative estimate of drug-likeness (QED) is 0.759. The van der Waals surface area contributed by atoms with Crippen LogP contribution in [0.3, 0.4) is 0 Å². The minimum Gasteiger partial charge on any atom is -0.347 e. The topological polar surface area (TPSA) is 29.5 Å². The van der Waals surface area contributed by atoms with Gasteiger partial charge in [-0.3, -0.25) is 4.79 Å². The van der Waals surface area contributed by atoms with Crippen molar-refractivity contribution in [1.82, 2.24) is 4.90 Å². The summed E-state index contributed by atoms with van der Waals surface area (Å²) < 4.78 is 6.97. The molecule has 0 spiro atoms. The molecule has 2 saturated carbocycles. The summed E-state index contributed by atoms with van der Waals surface area (Å²) in [6, 6.07) is 8.80. The normalized spacial score (nSPS) is 40.4. The molecule has 134 valence electrons. The summed E-state index contributed by atoms with van der Waals surface area (Å²) in [7, 11) is 0. The van der Waals surface area contributed by atoms with Gasteiger partial charge in [-0.2, -0.15) is 0 Å². The van der Waals surface area contributed by atoms with Crippen LogP contribution in [0.5, 0.6) is 0 Å². The summed E-state index contributed by atoms with van der Waals surface area (Å²) in [5, 5.41) is 0. The SMILES string of the molecule is Cc1ccc([C@]23O[C@H]4CCCC[C@@H]4CN2C(=O)[C@H]2CCCC[C@H]23)cc1. The second kappa shape index (κ2) is 5.84. The van der Waals surface area contributed by atoms with Crippen LogP contribution in [0.4, 0.5) is 0 Å². The highest BCUT2D eigenvalue weighted by atomic mass is 16.5. The first-order valence-electron chi connectivity index (χ1n) is 10.3. The first-order chi connectivity index (χ1) is 12.2. The zero-order chi connectivity index (χ0) is 17.0. The van der Waals surface area contributed by atoms with Gasteiger partial charge >= 0.3 is 0 Å². The molecule has 25 heavy (non-hydrogen) atoms. The Hall–Kier alpha value is -1.35. The number of hydrogen-bond acceptors (Lipinski definition) is 2. The minimum atomic E-state index is -0.492. The minimum absolute atomic E-state index is 0.176. The van der Waals surface area contributed by atoms with E-state index in [-0.39, 0.29) is 5.92 Å². The average molecular weight is 339 g/mol. The number of hydrogen-bond donors (Lipinski definition) is 0. The van der Waals surface area contributed by atoms with Gasteiger partial charge in [-0.15, -0.1) is 0 Å². The molecule has 2 saturated heterocycles. The van der Waals surface area contributed by atoms with Crippen molar-refractivity contribution in [1.29, 1.82) is 0 Å². The number of ether oxygens (including phenoxy) is 1. The predicted molar refractivity (Wildman–Crippen MR) is 96.8 cm³/mol. The molecule has 0 N–H and O–H groups in total. The number of carbonyl (C=O) groups is 1. The zero-order valence-corrected chi connectivity index (χ0v) is 15.2. The Morgan fingerprint density at radius 1 is 1.00 bits per heavy atom. The number of nitrogens with zero attached hydrogens (tertiary/aromatic N) is 1. The summed E-state index contributed by atoms with van der Waals surface area (Å²) in [6.45, 7) is 3.03. The Morgan fingerprint density at radius 2 is 1.72 bits per heavy atom. The molecular formula is C22H29NO2. The lowest BCUT2D eigenvalue weighted by atomic mass is 9.73. The first-order valence-corrected chi connectivity index (χ1v) is 10.3. The maximum absolute atomic E-state index is 13.3. The van der Waals surface area contributed by atoms with Crippen LogP contribution in [-0.4, -0.2) is 23.5 Å². The monoisotopic (exact) mass is 339 g/mol. The summed E-state index contributed by atoms with van der Waals surface area (Å²) >= 11 is 0. The molecule has 5 atom stereocenters. The van der Waals surface area contributed by atoms with Crippen LogP contribution >= 0.6 is 0 Å². The summed E-state index contributed by atoms with van der Waals surface area (Å²) in [6.07, 6.45) is 9.87. The fourth-order valence-electron chi connectivity index (χ4n) is 6.07. The van der Waals surface area contributed by atoms with E-state index in [0.717, 1.165) is 25.8 Å². The first kappa shape index (κ1) is 15.9. The molecule has 0 aromatic heterocycles. The van der Waals surface area contributed by atoms with E-state index in [0.29, 0.717) is 23.8 Å². The van der Waals surface area contributed by atoms with Gasteiger partial charge in [-0.1, -0.05) is 55.5 Å². The lowest BCUT2D eigenvalue weighted by molar-refractivity contribution is -0.256. The Kier molecular flexibility index (Phi) is 3.70. The van der Waals surface area contributed by atoms with Gasteiger partial charge < -0.3 is 9.64 Å². The van der Waals surface area contributed by atoms with Crippen molar-refractivity contribution < 1.29 is 9.53 Å². The van der Waals surface area contributed by atoms with Crippen LogP contribution in [0.1, 0.15) is 62.5 Å². The Labute approximate surface area is 150 Å². The van der Waals surface area contributed by atoms with Crippen LogP contribution in [-0.2, 0) is 15.3 Å². The van der Waals surface area contributed by atoms with E-state index >= 15 is 0 Å². The molecule has 3 heteroatoms. The Balaban J connectivity index is 1.63. The second-order valence-corrected chi connectivity index (χ2v) is 8.71. The molecular weight excluding hydrogens is 310 g/mol. The second-order valence-electron chi connectivity index (χ2n) is 8.71. The van der Waals surface area contributed by atoms with E-state index < -0.39 is 5.72 Å². The molecule has 0 bridgehead atoms. The van der Waals surface area contributed by atoms with E-state index in [1.54, 1.807) is 0 Å². The molecule has 3 nitrogen and oxygen atoms in total. The molecule has 2 heterocycles. The average Bonchev–Trinajstić information content (AvgIpc) is 2.90. The van der Waals surface area contributed by atoms with E-state index in [1.165, 1.54) is 43.2 Å². The van der Waals surface area contributed by atoms with E-state index in [2.05, 4.69) is 36.1 Å². The fourth-order valence-corrected chi connectivity index (χ4v) is 6.07. The van der Waals surface area contributed by atoms with Crippen molar-refractivity contribution in [2.45, 2.75) is 70.1 Å². The van der Waals surface area contributed by atoms with Gasteiger partial charge in [0.25, 0.3) is 0 Å². The third-order valence-electron chi connectivity index (χ3n) is 7.31. The highest BCUT2D eigenvalue weighted by Gasteiger charge is 2.63. The van der Waals surface area contributed by atoms with E-state index in [9.17, 15) is 4.79 Å². The number of benzene rings is 1. The highest BCUT2D eigenvalue weighted by molar-refractivity contribution is 5.83. The largest absolute Gasteiger partial charge is 0.347 e.